The van der Waals surface area contributed by atoms with Crippen LogP contribution in [0.4, 0.5) is 9.52 Å². The van der Waals surface area contributed by atoms with Crippen LogP contribution in [0.1, 0.15) is 29.0 Å². The lowest BCUT2D eigenvalue weighted by Gasteiger charge is -2.08. The third-order valence-corrected chi connectivity index (χ3v) is 4.70. The molecule has 6 heteroatoms. The Labute approximate surface area is 149 Å². The molecule has 1 N–H and O–H groups in total. The zero-order valence-electron chi connectivity index (χ0n) is 13.8. The zero-order chi connectivity index (χ0) is 17.6. The van der Waals surface area contributed by atoms with Gasteiger partial charge in [0.05, 0.1) is 6.42 Å². The maximum Gasteiger partial charge on any atom is 0.230 e. The van der Waals surface area contributed by atoms with Crippen molar-refractivity contribution in [2.24, 2.45) is 0 Å². The van der Waals surface area contributed by atoms with E-state index in [2.05, 4.69) is 34.6 Å². The molecule has 3 rings (SSSR count). The van der Waals surface area contributed by atoms with Crippen LogP contribution in [0.5, 0.6) is 0 Å². The minimum absolute atomic E-state index is 0.176. The van der Waals surface area contributed by atoms with Crippen molar-refractivity contribution in [2.45, 2.75) is 25.7 Å². The lowest BCUT2D eigenvalue weighted by Crippen LogP contribution is -2.14. The summed E-state index contributed by atoms with van der Waals surface area (Å²) in [4.78, 5) is 12.1. The number of amides is 1. The first kappa shape index (κ1) is 17.2. The highest BCUT2D eigenvalue weighted by Gasteiger charge is 2.12. The average molecular weight is 355 g/mol. The van der Waals surface area contributed by atoms with Gasteiger partial charge in [-0.25, -0.2) is 4.39 Å². The molecule has 0 aliphatic heterocycles. The van der Waals surface area contributed by atoms with Crippen molar-refractivity contribution in [1.82, 2.24) is 10.2 Å². The molecule has 0 aliphatic carbocycles. The van der Waals surface area contributed by atoms with Gasteiger partial charge < -0.3 is 5.32 Å². The number of anilines is 1. The van der Waals surface area contributed by atoms with Gasteiger partial charge in [0.2, 0.25) is 11.0 Å². The molecule has 3 aromatic rings. The lowest BCUT2D eigenvalue weighted by atomic mass is 9.98. The van der Waals surface area contributed by atoms with Gasteiger partial charge in [-0.15, -0.1) is 10.2 Å². The van der Waals surface area contributed by atoms with E-state index in [9.17, 15) is 9.18 Å². The minimum Gasteiger partial charge on any atom is -0.300 e. The van der Waals surface area contributed by atoms with Gasteiger partial charge in [0.1, 0.15) is 10.8 Å². The van der Waals surface area contributed by atoms with E-state index >= 15 is 0 Å². The Morgan fingerprint density at radius 2 is 1.84 bits per heavy atom. The summed E-state index contributed by atoms with van der Waals surface area (Å²) in [6, 6.07) is 16.1. The molecule has 0 aliphatic rings. The van der Waals surface area contributed by atoms with Crippen LogP contribution in [0.25, 0.3) is 0 Å². The van der Waals surface area contributed by atoms with Crippen molar-refractivity contribution in [1.29, 1.82) is 0 Å². The predicted molar refractivity (Wildman–Crippen MR) is 97.2 cm³/mol. The second-order valence-corrected chi connectivity index (χ2v) is 6.93. The lowest BCUT2D eigenvalue weighted by molar-refractivity contribution is -0.115. The summed E-state index contributed by atoms with van der Waals surface area (Å²) in [7, 11) is 0. The molecular weight excluding hydrogens is 337 g/mol. The van der Waals surface area contributed by atoms with Gasteiger partial charge in [0.15, 0.2) is 0 Å². The van der Waals surface area contributed by atoms with E-state index in [4.69, 9.17) is 0 Å². The van der Waals surface area contributed by atoms with Crippen molar-refractivity contribution < 1.29 is 9.18 Å². The van der Waals surface area contributed by atoms with Crippen LogP contribution in [-0.4, -0.2) is 16.1 Å². The van der Waals surface area contributed by atoms with Crippen LogP contribution in [0, 0.1) is 5.82 Å². The number of aromatic nitrogens is 2. The quantitative estimate of drug-likeness (QED) is 0.721. The molecule has 0 fully saturated rings. The van der Waals surface area contributed by atoms with Crippen molar-refractivity contribution in [3.05, 3.63) is 76.5 Å². The number of halogens is 1. The first-order valence-corrected chi connectivity index (χ1v) is 8.83. The third kappa shape index (κ3) is 4.93. The van der Waals surface area contributed by atoms with Gasteiger partial charge in [0, 0.05) is 6.42 Å². The predicted octanol–water partition coefficient (Wildman–Crippen LogP) is 4.20. The van der Waals surface area contributed by atoms with Crippen molar-refractivity contribution in [2.75, 3.05) is 5.32 Å². The third-order valence-electron chi connectivity index (χ3n) is 3.84. The molecule has 0 bridgehead atoms. The second kappa shape index (κ2) is 7.98. The molecule has 1 aromatic heterocycles. The fourth-order valence-corrected chi connectivity index (χ4v) is 3.38. The molecule has 25 heavy (non-hydrogen) atoms. The summed E-state index contributed by atoms with van der Waals surface area (Å²) in [5.41, 5.74) is 2.00. The van der Waals surface area contributed by atoms with E-state index in [0.29, 0.717) is 11.0 Å². The molecule has 1 heterocycles. The number of rotatable bonds is 6. The molecule has 4 nitrogen and oxygen atoms in total. The summed E-state index contributed by atoms with van der Waals surface area (Å²) < 4.78 is 12.9. The number of carbonyl (C=O) groups is 1. The highest BCUT2D eigenvalue weighted by molar-refractivity contribution is 7.15. The van der Waals surface area contributed by atoms with Gasteiger partial charge in [-0.2, -0.15) is 0 Å². The van der Waals surface area contributed by atoms with Gasteiger partial charge in [0.25, 0.3) is 0 Å². The summed E-state index contributed by atoms with van der Waals surface area (Å²) in [5.74, 6) is -0.173. The topological polar surface area (TPSA) is 54.9 Å². The summed E-state index contributed by atoms with van der Waals surface area (Å²) in [6.45, 7) is 2.14. The molecular formula is C19H18FN3OS. The number of carbonyl (C=O) groups excluding carboxylic acids is 1. The normalized spacial score (nSPS) is 11.9. The fourth-order valence-electron chi connectivity index (χ4n) is 2.50. The van der Waals surface area contributed by atoms with Crippen LogP contribution >= 0.6 is 11.3 Å². The Hall–Kier alpha value is -2.60. The van der Waals surface area contributed by atoms with Crippen LogP contribution in [0.15, 0.2) is 54.6 Å². The fraction of sp³-hybridized carbons (Fsp3) is 0.211. The monoisotopic (exact) mass is 355 g/mol. The van der Waals surface area contributed by atoms with Crippen molar-refractivity contribution >= 4 is 22.4 Å². The Kier molecular flexibility index (Phi) is 5.50. The van der Waals surface area contributed by atoms with Gasteiger partial charge in [-0.3, -0.25) is 4.79 Å². The smallest absolute Gasteiger partial charge is 0.230 e. The highest BCUT2D eigenvalue weighted by atomic mass is 32.1. The standard InChI is InChI=1S/C19H18FN3OS/c1-13(15-5-3-2-4-6-15)11-18-22-23-19(25-18)21-17(24)12-14-7-9-16(20)10-8-14/h2-10,13H,11-12H2,1H3,(H,21,23,24). The first-order chi connectivity index (χ1) is 12.1. The first-order valence-electron chi connectivity index (χ1n) is 8.02. The molecule has 0 spiro atoms. The molecule has 1 unspecified atom stereocenters. The summed E-state index contributed by atoms with van der Waals surface area (Å²) in [6.07, 6.45) is 0.950. The van der Waals surface area contributed by atoms with Crippen LogP contribution in [0.3, 0.4) is 0 Å². The number of hydrogen-bond donors (Lipinski definition) is 1. The molecule has 128 valence electrons. The van der Waals surface area contributed by atoms with E-state index < -0.39 is 0 Å². The maximum atomic E-state index is 12.9. The van der Waals surface area contributed by atoms with Crippen LogP contribution in [0.2, 0.25) is 0 Å². The number of nitrogens with zero attached hydrogens (tertiary/aromatic N) is 2. The molecule has 0 saturated heterocycles. The Balaban J connectivity index is 1.56. The van der Waals surface area contributed by atoms with Gasteiger partial charge >= 0.3 is 0 Å². The highest BCUT2D eigenvalue weighted by Crippen LogP contribution is 2.24. The SMILES string of the molecule is CC(Cc1nnc(NC(=O)Cc2ccc(F)cc2)s1)c1ccccc1. The average Bonchev–Trinajstić information content (AvgIpc) is 3.04. The van der Waals surface area contributed by atoms with Crippen molar-refractivity contribution in [3.8, 4) is 0 Å². The Morgan fingerprint density at radius 3 is 2.56 bits per heavy atom. The zero-order valence-corrected chi connectivity index (χ0v) is 14.6. The van der Waals surface area contributed by atoms with Crippen molar-refractivity contribution in [3.63, 3.8) is 0 Å². The molecule has 0 radical (unpaired) electrons. The largest absolute Gasteiger partial charge is 0.300 e. The van der Waals surface area contributed by atoms with Crippen LogP contribution < -0.4 is 5.32 Å². The molecule has 1 amide bonds. The summed E-state index contributed by atoms with van der Waals surface area (Å²) >= 11 is 1.38. The second-order valence-electron chi connectivity index (χ2n) is 5.87. The van der Waals surface area contributed by atoms with E-state index in [-0.39, 0.29) is 18.1 Å². The van der Waals surface area contributed by atoms with Crippen LogP contribution in [-0.2, 0) is 17.6 Å². The van der Waals surface area contributed by atoms with Gasteiger partial charge in [-0.1, -0.05) is 60.7 Å². The minimum atomic E-state index is -0.314. The van der Waals surface area contributed by atoms with E-state index in [0.717, 1.165) is 17.0 Å². The van der Waals surface area contributed by atoms with E-state index in [1.807, 2.05) is 18.2 Å². The molecule has 1 atom stereocenters. The summed E-state index contributed by atoms with van der Waals surface area (Å²) in [5, 5.41) is 12.3. The number of nitrogens with one attached hydrogen (secondary N) is 1. The Bertz CT molecular complexity index is 833. The number of benzene rings is 2. The van der Waals surface area contributed by atoms with E-state index in [1.54, 1.807) is 12.1 Å². The van der Waals surface area contributed by atoms with Gasteiger partial charge in [-0.05, 0) is 29.2 Å². The Morgan fingerprint density at radius 1 is 1.12 bits per heavy atom. The molecule has 2 aromatic carbocycles. The maximum absolute atomic E-state index is 12.9. The van der Waals surface area contributed by atoms with E-state index in [1.165, 1.54) is 29.0 Å². The molecule has 0 saturated carbocycles. The number of hydrogen-bond acceptors (Lipinski definition) is 4.